The smallest absolute Gasteiger partial charge is 0.132 e. The van der Waals surface area contributed by atoms with Crippen LogP contribution in [0, 0.1) is 13.8 Å². The van der Waals surface area contributed by atoms with Crippen LogP contribution in [0.4, 0.5) is 0 Å². The fourth-order valence-corrected chi connectivity index (χ4v) is 2.12. The molecule has 1 nitrogen and oxygen atoms in total. The molecular formula is C11H8Cl3N. The summed E-state index contributed by atoms with van der Waals surface area (Å²) in [6.07, 6.45) is 0. The van der Waals surface area contributed by atoms with E-state index in [2.05, 4.69) is 4.98 Å². The number of nitrogens with zero attached hydrogens (tertiary/aromatic N) is 1. The molecule has 0 spiro atoms. The van der Waals surface area contributed by atoms with Crippen molar-refractivity contribution in [1.29, 1.82) is 0 Å². The number of hydrogen-bond acceptors (Lipinski definition) is 1. The van der Waals surface area contributed by atoms with Crippen molar-refractivity contribution < 1.29 is 0 Å². The maximum atomic E-state index is 6.18. The monoisotopic (exact) mass is 259 g/mol. The van der Waals surface area contributed by atoms with Gasteiger partial charge in [-0.15, -0.1) is 0 Å². The number of aromatic nitrogens is 1. The van der Waals surface area contributed by atoms with Gasteiger partial charge in [-0.05, 0) is 37.1 Å². The predicted octanol–water partition coefficient (Wildman–Crippen LogP) is 4.81. The average molecular weight is 261 g/mol. The Morgan fingerprint density at radius 2 is 1.67 bits per heavy atom. The van der Waals surface area contributed by atoms with E-state index in [1.807, 2.05) is 19.9 Å². The molecule has 2 aromatic rings. The highest BCUT2D eigenvalue weighted by Crippen LogP contribution is 2.33. The third-order valence-electron chi connectivity index (χ3n) is 2.30. The van der Waals surface area contributed by atoms with E-state index < -0.39 is 0 Å². The minimum Gasteiger partial charge on any atom is -0.234 e. The molecule has 4 heteroatoms. The van der Waals surface area contributed by atoms with Gasteiger partial charge in [0.25, 0.3) is 0 Å². The Kier molecular flexibility index (Phi) is 2.80. The quantitative estimate of drug-likeness (QED) is 0.619. The Bertz CT molecular complexity index is 549. The van der Waals surface area contributed by atoms with Crippen LogP contribution in [-0.4, -0.2) is 4.98 Å². The lowest BCUT2D eigenvalue weighted by Crippen LogP contribution is -1.88. The minimum absolute atomic E-state index is 0.462. The third-order valence-corrected chi connectivity index (χ3v) is 3.48. The Balaban J connectivity index is 2.97. The standard InChI is InChI=1S/C11H8Cl3N/c1-5-4-8(12)10-7(9(5)13)3-6(2)11(14)15-10/h3-4H,1-2H3. The van der Waals surface area contributed by atoms with Gasteiger partial charge in [0.1, 0.15) is 5.15 Å². The third kappa shape index (κ3) is 1.80. The molecule has 0 aliphatic rings. The predicted molar refractivity (Wildman–Crippen MR) is 66.2 cm³/mol. The zero-order valence-corrected chi connectivity index (χ0v) is 10.5. The highest BCUT2D eigenvalue weighted by molar-refractivity contribution is 6.41. The van der Waals surface area contributed by atoms with Gasteiger partial charge < -0.3 is 0 Å². The summed E-state index contributed by atoms with van der Waals surface area (Å²) < 4.78 is 0. The summed E-state index contributed by atoms with van der Waals surface area (Å²) in [5, 5.41) is 2.57. The van der Waals surface area contributed by atoms with Crippen molar-refractivity contribution in [2.75, 3.05) is 0 Å². The van der Waals surface area contributed by atoms with E-state index >= 15 is 0 Å². The first-order valence-electron chi connectivity index (χ1n) is 4.42. The zero-order valence-electron chi connectivity index (χ0n) is 8.24. The van der Waals surface area contributed by atoms with E-state index in [-0.39, 0.29) is 0 Å². The molecule has 78 valence electrons. The number of halogens is 3. The average Bonchev–Trinajstić information content (AvgIpc) is 2.18. The molecular weight excluding hydrogens is 252 g/mol. The van der Waals surface area contributed by atoms with Crippen LogP contribution in [0.15, 0.2) is 12.1 Å². The largest absolute Gasteiger partial charge is 0.234 e. The van der Waals surface area contributed by atoms with Crippen molar-refractivity contribution in [3.63, 3.8) is 0 Å². The number of aryl methyl sites for hydroxylation is 2. The van der Waals surface area contributed by atoms with Crippen LogP contribution in [0.1, 0.15) is 11.1 Å². The SMILES string of the molecule is Cc1cc2c(Cl)c(C)cc(Cl)c2nc1Cl. The molecule has 0 radical (unpaired) electrons. The number of fused-ring (bicyclic) bond motifs is 1. The van der Waals surface area contributed by atoms with Gasteiger partial charge in [-0.3, -0.25) is 0 Å². The van der Waals surface area contributed by atoms with Crippen molar-refractivity contribution in [3.8, 4) is 0 Å². The van der Waals surface area contributed by atoms with Crippen molar-refractivity contribution in [3.05, 3.63) is 38.5 Å². The number of pyridine rings is 1. The first-order chi connectivity index (χ1) is 7.00. The second-order valence-corrected chi connectivity index (χ2v) is 4.62. The van der Waals surface area contributed by atoms with E-state index in [1.54, 1.807) is 6.07 Å². The van der Waals surface area contributed by atoms with Crippen LogP contribution >= 0.6 is 34.8 Å². The molecule has 0 saturated heterocycles. The molecule has 1 aromatic carbocycles. The molecule has 2 rings (SSSR count). The molecule has 0 fully saturated rings. The number of hydrogen-bond donors (Lipinski definition) is 0. The number of benzene rings is 1. The summed E-state index contributed by atoms with van der Waals surface area (Å²) in [6.45, 7) is 3.80. The Labute approximate surface area is 103 Å². The van der Waals surface area contributed by atoms with Crippen LogP contribution in [0.2, 0.25) is 15.2 Å². The van der Waals surface area contributed by atoms with Gasteiger partial charge in [-0.2, -0.15) is 0 Å². The molecule has 1 heterocycles. The van der Waals surface area contributed by atoms with Crippen molar-refractivity contribution in [2.24, 2.45) is 0 Å². The summed E-state index contributed by atoms with van der Waals surface area (Å²) in [6, 6.07) is 3.71. The normalized spacial score (nSPS) is 11.0. The zero-order chi connectivity index (χ0) is 11.2. The van der Waals surface area contributed by atoms with Gasteiger partial charge in [-0.1, -0.05) is 34.8 Å². The van der Waals surface area contributed by atoms with Crippen LogP contribution in [0.5, 0.6) is 0 Å². The highest BCUT2D eigenvalue weighted by atomic mass is 35.5. The molecule has 0 aliphatic carbocycles. The summed E-state index contributed by atoms with van der Waals surface area (Å²) >= 11 is 18.2. The van der Waals surface area contributed by atoms with Gasteiger partial charge in [0.05, 0.1) is 15.6 Å². The van der Waals surface area contributed by atoms with Gasteiger partial charge in [0.15, 0.2) is 0 Å². The Hall–Kier alpha value is -0.500. The second kappa shape index (κ2) is 3.82. The Morgan fingerprint density at radius 3 is 2.33 bits per heavy atom. The lowest BCUT2D eigenvalue weighted by atomic mass is 10.1. The molecule has 15 heavy (non-hydrogen) atoms. The van der Waals surface area contributed by atoms with Crippen molar-refractivity contribution in [1.82, 2.24) is 4.98 Å². The van der Waals surface area contributed by atoms with E-state index in [9.17, 15) is 0 Å². The van der Waals surface area contributed by atoms with E-state index in [4.69, 9.17) is 34.8 Å². The van der Waals surface area contributed by atoms with E-state index in [1.165, 1.54) is 0 Å². The molecule has 1 aromatic heterocycles. The van der Waals surface area contributed by atoms with Gasteiger partial charge >= 0.3 is 0 Å². The molecule has 0 unspecified atom stereocenters. The van der Waals surface area contributed by atoms with E-state index in [0.29, 0.717) is 20.7 Å². The fraction of sp³-hybridized carbons (Fsp3) is 0.182. The van der Waals surface area contributed by atoms with Gasteiger partial charge in [0, 0.05) is 5.39 Å². The molecule has 0 bridgehead atoms. The summed E-state index contributed by atoms with van der Waals surface area (Å²) in [5.74, 6) is 0. The summed E-state index contributed by atoms with van der Waals surface area (Å²) in [4.78, 5) is 4.23. The lowest BCUT2D eigenvalue weighted by molar-refractivity contribution is 1.32. The summed E-state index contributed by atoms with van der Waals surface area (Å²) in [7, 11) is 0. The maximum Gasteiger partial charge on any atom is 0.132 e. The number of rotatable bonds is 0. The van der Waals surface area contributed by atoms with Crippen molar-refractivity contribution >= 4 is 45.7 Å². The van der Waals surface area contributed by atoms with Crippen LogP contribution in [0.25, 0.3) is 10.9 Å². The first kappa shape index (κ1) is 11.0. The molecule has 0 atom stereocenters. The molecule has 0 amide bonds. The minimum atomic E-state index is 0.462. The molecule has 0 aliphatic heterocycles. The topological polar surface area (TPSA) is 12.9 Å². The lowest BCUT2D eigenvalue weighted by Gasteiger charge is -2.07. The van der Waals surface area contributed by atoms with Crippen LogP contribution < -0.4 is 0 Å². The fourth-order valence-electron chi connectivity index (χ4n) is 1.47. The Morgan fingerprint density at radius 1 is 1.00 bits per heavy atom. The van der Waals surface area contributed by atoms with E-state index in [0.717, 1.165) is 16.5 Å². The second-order valence-electron chi connectivity index (χ2n) is 3.48. The van der Waals surface area contributed by atoms with Crippen molar-refractivity contribution in [2.45, 2.75) is 13.8 Å². The van der Waals surface area contributed by atoms with Crippen LogP contribution in [-0.2, 0) is 0 Å². The molecule has 0 saturated carbocycles. The first-order valence-corrected chi connectivity index (χ1v) is 5.55. The summed E-state index contributed by atoms with van der Waals surface area (Å²) in [5.41, 5.74) is 2.49. The van der Waals surface area contributed by atoms with Gasteiger partial charge in [0.2, 0.25) is 0 Å². The highest BCUT2D eigenvalue weighted by Gasteiger charge is 2.10. The van der Waals surface area contributed by atoms with Crippen LogP contribution in [0.3, 0.4) is 0 Å². The maximum absolute atomic E-state index is 6.18. The molecule has 0 N–H and O–H groups in total. The van der Waals surface area contributed by atoms with Gasteiger partial charge in [-0.25, -0.2) is 4.98 Å².